The number of halogens is 1. The predicted molar refractivity (Wildman–Crippen MR) is 81.5 cm³/mol. The molecule has 0 saturated carbocycles. The smallest absolute Gasteiger partial charge is 0.137 e. The van der Waals surface area contributed by atoms with Gasteiger partial charge in [-0.1, -0.05) is 41.9 Å². The molecule has 2 aromatic rings. The van der Waals surface area contributed by atoms with Gasteiger partial charge >= 0.3 is 0 Å². The number of benzene rings is 2. The fourth-order valence-corrected chi connectivity index (χ4v) is 2.10. The summed E-state index contributed by atoms with van der Waals surface area (Å²) in [6.45, 7) is 2.89. The molecule has 0 spiro atoms. The molecule has 0 aliphatic carbocycles. The van der Waals surface area contributed by atoms with Crippen LogP contribution in [0.4, 0.5) is 0 Å². The van der Waals surface area contributed by atoms with E-state index in [0.29, 0.717) is 24.0 Å². The molecule has 0 fully saturated rings. The van der Waals surface area contributed by atoms with Crippen molar-refractivity contribution in [3.8, 4) is 11.5 Å². The van der Waals surface area contributed by atoms with E-state index in [1.165, 1.54) is 0 Å². The Kier molecular flexibility index (Phi) is 5.27. The second kappa shape index (κ2) is 7.17. The molecule has 0 amide bonds. The number of hydrogen-bond donors (Lipinski definition) is 1. The summed E-state index contributed by atoms with van der Waals surface area (Å²) in [5, 5.41) is 0.581. The van der Waals surface area contributed by atoms with Crippen molar-refractivity contribution in [3.63, 3.8) is 0 Å². The second-order valence-corrected chi connectivity index (χ2v) is 4.73. The van der Waals surface area contributed by atoms with Crippen molar-refractivity contribution in [1.82, 2.24) is 0 Å². The lowest BCUT2D eigenvalue weighted by Gasteiger charge is -2.17. The third-order valence-electron chi connectivity index (χ3n) is 2.87. The van der Waals surface area contributed by atoms with Crippen molar-refractivity contribution in [2.75, 3.05) is 13.2 Å². The average Bonchev–Trinajstić information content (AvgIpc) is 2.47. The summed E-state index contributed by atoms with van der Waals surface area (Å²) in [6, 6.07) is 14.8. The van der Waals surface area contributed by atoms with Crippen LogP contribution < -0.4 is 15.2 Å². The van der Waals surface area contributed by atoms with Crippen LogP contribution >= 0.6 is 11.6 Å². The molecule has 0 heterocycles. The SMILES string of the molecule is CCOc1ccccc1C(N)COc1ccccc1Cl. The van der Waals surface area contributed by atoms with E-state index in [0.717, 1.165) is 11.3 Å². The Bertz CT molecular complexity index is 560. The zero-order valence-electron chi connectivity index (χ0n) is 11.4. The Morgan fingerprint density at radius 2 is 1.65 bits per heavy atom. The number of hydrogen-bond acceptors (Lipinski definition) is 3. The van der Waals surface area contributed by atoms with Crippen LogP contribution in [0.3, 0.4) is 0 Å². The van der Waals surface area contributed by atoms with Gasteiger partial charge in [0.15, 0.2) is 0 Å². The fourth-order valence-electron chi connectivity index (χ4n) is 1.90. The monoisotopic (exact) mass is 291 g/mol. The van der Waals surface area contributed by atoms with E-state index < -0.39 is 0 Å². The summed E-state index contributed by atoms with van der Waals surface area (Å²) < 4.78 is 11.2. The minimum absolute atomic E-state index is 0.269. The first kappa shape index (κ1) is 14.7. The van der Waals surface area contributed by atoms with Gasteiger partial charge in [0.2, 0.25) is 0 Å². The van der Waals surface area contributed by atoms with Gasteiger partial charge in [0, 0.05) is 5.56 Å². The minimum Gasteiger partial charge on any atom is -0.494 e. The number of nitrogens with two attached hydrogens (primary N) is 1. The molecule has 1 unspecified atom stereocenters. The van der Waals surface area contributed by atoms with Crippen molar-refractivity contribution >= 4 is 11.6 Å². The zero-order valence-corrected chi connectivity index (χ0v) is 12.1. The summed E-state index contributed by atoms with van der Waals surface area (Å²) in [5.74, 6) is 1.43. The van der Waals surface area contributed by atoms with Gasteiger partial charge in [0.05, 0.1) is 17.7 Å². The largest absolute Gasteiger partial charge is 0.494 e. The zero-order chi connectivity index (χ0) is 14.4. The third-order valence-corrected chi connectivity index (χ3v) is 3.19. The lowest BCUT2D eigenvalue weighted by Crippen LogP contribution is -2.20. The summed E-state index contributed by atoms with van der Waals surface area (Å²) in [5.41, 5.74) is 7.11. The first-order valence-electron chi connectivity index (χ1n) is 6.57. The maximum Gasteiger partial charge on any atom is 0.137 e. The Morgan fingerprint density at radius 1 is 1.00 bits per heavy atom. The highest BCUT2D eigenvalue weighted by molar-refractivity contribution is 6.32. The van der Waals surface area contributed by atoms with Gasteiger partial charge < -0.3 is 15.2 Å². The van der Waals surface area contributed by atoms with Gasteiger partial charge in [0.25, 0.3) is 0 Å². The van der Waals surface area contributed by atoms with Gasteiger partial charge in [-0.15, -0.1) is 0 Å². The minimum atomic E-state index is -0.269. The summed E-state index contributed by atoms with van der Waals surface area (Å²) in [6.07, 6.45) is 0. The number of rotatable bonds is 6. The van der Waals surface area contributed by atoms with Crippen LogP contribution in [0, 0.1) is 0 Å². The topological polar surface area (TPSA) is 44.5 Å². The van der Waals surface area contributed by atoms with E-state index >= 15 is 0 Å². The molecular weight excluding hydrogens is 274 g/mol. The van der Waals surface area contributed by atoms with E-state index in [-0.39, 0.29) is 6.04 Å². The normalized spacial score (nSPS) is 11.9. The van der Waals surface area contributed by atoms with Crippen molar-refractivity contribution in [2.24, 2.45) is 5.73 Å². The maximum atomic E-state index is 6.18. The van der Waals surface area contributed by atoms with Crippen molar-refractivity contribution in [3.05, 3.63) is 59.1 Å². The van der Waals surface area contributed by atoms with Gasteiger partial charge in [-0.05, 0) is 25.1 Å². The molecule has 106 valence electrons. The predicted octanol–water partition coefficient (Wildman–Crippen LogP) is 3.82. The lowest BCUT2D eigenvalue weighted by atomic mass is 10.1. The molecule has 0 saturated heterocycles. The molecule has 3 nitrogen and oxygen atoms in total. The first-order chi connectivity index (χ1) is 9.72. The molecule has 2 aromatic carbocycles. The van der Waals surface area contributed by atoms with E-state index in [1.807, 2.05) is 49.4 Å². The fraction of sp³-hybridized carbons (Fsp3) is 0.250. The molecule has 0 aromatic heterocycles. The summed E-state index contributed by atoms with van der Waals surface area (Å²) in [7, 11) is 0. The van der Waals surface area contributed by atoms with E-state index in [1.54, 1.807) is 6.07 Å². The van der Waals surface area contributed by atoms with Crippen LogP contribution in [0.25, 0.3) is 0 Å². The van der Waals surface area contributed by atoms with Crippen LogP contribution in [0.1, 0.15) is 18.5 Å². The van der Waals surface area contributed by atoms with Gasteiger partial charge in [0.1, 0.15) is 18.1 Å². The highest BCUT2D eigenvalue weighted by Crippen LogP contribution is 2.27. The molecule has 0 radical (unpaired) electrons. The van der Waals surface area contributed by atoms with Crippen LogP contribution in [0.2, 0.25) is 5.02 Å². The standard InChI is InChI=1S/C16H18ClNO2/c1-2-19-15-9-5-3-7-12(15)14(18)11-20-16-10-6-4-8-13(16)17/h3-10,14H,2,11,18H2,1H3. The Balaban J connectivity index is 2.05. The molecule has 2 rings (SSSR count). The number of para-hydroxylation sites is 2. The Hall–Kier alpha value is -1.71. The average molecular weight is 292 g/mol. The second-order valence-electron chi connectivity index (χ2n) is 4.32. The van der Waals surface area contributed by atoms with E-state index in [9.17, 15) is 0 Å². The molecule has 1 atom stereocenters. The van der Waals surface area contributed by atoms with E-state index in [4.69, 9.17) is 26.8 Å². The van der Waals surface area contributed by atoms with Gasteiger partial charge in [-0.3, -0.25) is 0 Å². The van der Waals surface area contributed by atoms with Crippen LogP contribution in [-0.2, 0) is 0 Å². The highest BCUT2D eigenvalue weighted by atomic mass is 35.5. The number of ether oxygens (including phenoxy) is 2. The van der Waals surface area contributed by atoms with Crippen molar-refractivity contribution in [2.45, 2.75) is 13.0 Å². The lowest BCUT2D eigenvalue weighted by molar-refractivity contribution is 0.282. The van der Waals surface area contributed by atoms with Gasteiger partial charge in [-0.2, -0.15) is 0 Å². The molecule has 0 aliphatic rings. The summed E-state index contributed by atoms with van der Waals surface area (Å²) in [4.78, 5) is 0. The quantitative estimate of drug-likeness (QED) is 0.880. The van der Waals surface area contributed by atoms with Crippen molar-refractivity contribution < 1.29 is 9.47 Å². The maximum absolute atomic E-state index is 6.18. The molecule has 0 bridgehead atoms. The Morgan fingerprint density at radius 3 is 2.35 bits per heavy atom. The molecular formula is C16H18ClNO2. The highest BCUT2D eigenvalue weighted by Gasteiger charge is 2.13. The Labute approximate surface area is 124 Å². The van der Waals surface area contributed by atoms with Crippen LogP contribution in [-0.4, -0.2) is 13.2 Å². The third kappa shape index (κ3) is 3.65. The first-order valence-corrected chi connectivity index (χ1v) is 6.94. The van der Waals surface area contributed by atoms with Crippen LogP contribution in [0.15, 0.2) is 48.5 Å². The summed E-state index contributed by atoms with van der Waals surface area (Å²) >= 11 is 6.04. The van der Waals surface area contributed by atoms with Crippen LogP contribution in [0.5, 0.6) is 11.5 Å². The molecule has 2 N–H and O–H groups in total. The van der Waals surface area contributed by atoms with E-state index in [2.05, 4.69) is 0 Å². The molecule has 0 aliphatic heterocycles. The van der Waals surface area contributed by atoms with Crippen molar-refractivity contribution in [1.29, 1.82) is 0 Å². The molecule has 20 heavy (non-hydrogen) atoms. The van der Waals surface area contributed by atoms with Gasteiger partial charge in [-0.25, -0.2) is 0 Å². The molecule has 4 heteroatoms.